The monoisotopic (exact) mass is 247 g/mol. The zero-order valence-corrected chi connectivity index (χ0v) is 9.90. The van der Waals surface area contributed by atoms with Crippen molar-refractivity contribution in [2.24, 2.45) is 0 Å². The topological polar surface area (TPSA) is 105 Å². The van der Waals surface area contributed by atoms with Gasteiger partial charge < -0.3 is 15.8 Å². The molecule has 0 aliphatic rings. The van der Waals surface area contributed by atoms with Gasteiger partial charge in [-0.15, -0.1) is 0 Å². The fraction of sp³-hybridized carbons (Fsp3) is 0.250. The van der Waals surface area contributed by atoms with Crippen molar-refractivity contribution < 1.29 is 14.3 Å². The van der Waals surface area contributed by atoms with Gasteiger partial charge in [0.2, 0.25) is 0 Å². The maximum Gasteiger partial charge on any atom is 0.340 e. The number of esters is 1. The first-order valence-electron chi connectivity index (χ1n) is 5.22. The molecule has 1 rings (SSSR count). The number of aryl methyl sites for hydroxylation is 1. The highest BCUT2D eigenvalue weighted by Gasteiger charge is 2.13. The summed E-state index contributed by atoms with van der Waals surface area (Å²) in [6.45, 7) is 1.21. The predicted molar refractivity (Wildman–Crippen MR) is 64.5 cm³/mol. The maximum absolute atomic E-state index is 11.6. The number of nitrogen functional groups attached to an aromatic ring is 1. The number of anilines is 1. The number of hydrogen-bond acceptors (Lipinski definition) is 5. The van der Waals surface area contributed by atoms with Crippen molar-refractivity contribution >= 4 is 17.6 Å². The molecule has 6 nitrogen and oxygen atoms in total. The van der Waals surface area contributed by atoms with Crippen LogP contribution in [0.25, 0.3) is 0 Å². The van der Waals surface area contributed by atoms with E-state index in [4.69, 9.17) is 15.7 Å². The number of ether oxygens (including phenoxy) is 1. The smallest absolute Gasteiger partial charge is 0.340 e. The molecular formula is C12H13N3O3. The third kappa shape index (κ3) is 3.49. The SMILES string of the molecule is Cc1cccc(C(=O)OCC(=O)NCC#N)c1N. The molecule has 0 aromatic heterocycles. The minimum absolute atomic E-state index is 0.122. The molecule has 0 bridgehead atoms. The average molecular weight is 247 g/mol. The van der Waals surface area contributed by atoms with Crippen LogP contribution in [0.2, 0.25) is 0 Å². The second kappa shape index (κ2) is 6.25. The lowest BCUT2D eigenvalue weighted by molar-refractivity contribution is -0.123. The molecule has 0 radical (unpaired) electrons. The zero-order chi connectivity index (χ0) is 13.5. The molecule has 0 saturated carbocycles. The number of nitrogens with two attached hydrogens (primary N) is 1. The number of rotatable bonds is 4. The van der Waals surface area contributed by atoms with E-state index in [0.717, 1.165) is 5.56 Å². The Morgan fingerprint density at radius 3 is 2.89 bits per heavy atom. The minimum atomic E-state index is -0.664. The molecule has 1 amide bonds. The fourth-order valence-electron chi connectivity index (χ4n) is 1.26. The van der Waals surface area contributed by atoms with Gasteiger partial charge in [0.15, 0.2) is 6.61 Å². The average Bonchev–Trinajstić information content (AvgIpc) is 2.36. The van der Waals surface area contributed by atoms with E-state index in [1.165, 1.54) is 6.07 Å². The molecule has 18 heavy (non-hydrogen) atoms. The Labute approximate surface area is 104 Å². The van der Waals surface area contributed by atoms with Crippen LogP contribution in [0.1, 0.15) is 15.9 Å². The number of carbonyl (C=O) groups is 2. The lowest BCUT2D eigenvalue weighted by Crippen LogP contribution is -2.29. The Bertz CT molecular complexity index is 506. The molecule has 0 fully saturated rings. The van der Waals surface area contributed by atoms with Gasteiger partial charge in [-0.3, -0.25) is 4.79 Å². The molecule has 1 aromatic carbocycles. The Kier molecular flexibility index (Phi) is 4.69. The van der Waals surface area contributed by atoms with Crippen molar-refractivity contribution in [3.05, 3.63) is 29.3 Å². The molecule has 6 heteroatoms. The molecule has 3 N–H and O–H groups in total. The van der Waals surface area contributed by atoms with Gasteiger partial charge in [-0.2, -0.15) is 5.26 Å². The second-order valence-electron chi connectivity index (χ2n) is 3.55. The van der Waals surface area contributed by atoms with E-state index in [1.54, 1.807) is 25.1 Å². The predicted octanol–water partition coefficient (Wildman–Crippen LogP) is 0.374. The molecule has 94 valence electrons. The number of benzene rings is 1. The summed E-state index contributed by atoms with van der Waals surface area (Å²) in [7, 11) is 0. The van der Waals surface area contributed by atoms with Gasteiger partial charge in [-0.25, -0.2) is 4.79 Å². The molecule has 0 heterocycles. The third-order valence-electron chi connectivity index (χ3n) is 2.24. The van der Waals surface area contributed by atoms with Crippen molar-refractivity contribution in [1.82, 2.24) is 5.32 Å². The van der Waals surface area contributed by atoms with Gasteiger partial charge in [-0.05, 0) is 18.6 Å². The first kappa shape index (κ1) is 13.5. The first-order chi connectivity index (χ1) is 8.56. The number of nitrogens with zero attached hydrogens (tertiary/aromatic N) is 1. The highest BCUT2D eigenvalue weighted by atomic mass is 16.5. The van der Waals surface area contributed by atoms with Crippen LogP contribution in [-0.2, 0) is 9.53 Å². The quantitative estimate of drug-likeness (QED) is 0.454. The van der Waals surface area contributed by atoms with E-state index in [2.05, 4.69) is 5.32 Å². The van der Waals surface area contributed by atoms with Crippen LogP contribution in [-0.4, -0.2) is 25.0 Å². The zero-order valence-electron chi connectivity index (χ0n) is 9.90. The van der Waals surface area contributed by atoms with Crippen molar-refractivity contribution in [3.63, 3.8) is 0 Å². The van der Waals surface area contributed by atoms with E-state index in [9.17, 15) is 9.59 Å². The normalized spacial score (nSPS) is 9.33. The van der Waals surface area contributed by atoms with Crippen molar-refractivity contribution in [2.45, 2.75) is 6.92 Å². The number of carbonyl (C=O) groups excluding carboxylic acids is 2. The summed E-state index contributed by atoms with van der Waals surface area (Å²) < 4.78 is 4.78. The summed E-state index contributed by atoms with van der Waals surface area (Å²) in [6.07, 6.45) is 0. The highest BCUT2D eigenvalue weighted by molar-refractivity contribution is 5.96. The van der Waals surface area contributed by atoms with Gasteiger partial charge in [0.05, 0.1) is 11.6 Å². The molecule has 1 aromatic rings. The van der Waals surface area contributed by atoms with Gasteiger partial charge in [-0.1, -0.05) is 12.1 Å². The van der Waals surface area contributed by atoms with Gasteiger partial charge in [0, 0.05) is 5.69 Å². The van der Waals surface area contributed by atoms with E-state index in [1.807, 2.05) is 0 Å². The van der Waals surface area contributed by atoms with Crippen LogP contribution in [0.4, 0.5) is 5.69 Å². The Hall–Kier alpha value is -2.55. The van der Waals surface area contributed by atoms with Crippen molar-refractivity contribution in [1.29, 1.82) is 5.26 Å². The van der Waals surface area contributed by atoms with Crippen LogP contribution >= 0.6 is 0 Å². The van der Waals surface area contributed by atoms with Crippen LogP contribution in [0, 0.1) is 18.3 Å². The highest BCUT2D eigenvalue weighted by Crippen LogP contribution is 2.17. The van der Waals surface area contributed by atoms with Crippen molar-refractivity contribution in [3.8, 4) is 6.07 Å². The molecule has 0 aliphatic carbocycles. The van der Waals surface area contributed by atoms with Crippen LogP contribution < -0.4 is 11.1 Å². The summed E-state index contributed by atoms with van der Waals surface area (Å²) in [6, 6.07) is 6.72. The van der Waals surface area contributed by atoms with E-state index in [-0.39, 0.29) is 12.1 Å². The lowest BCUT2D eigenvalue weighted by atomic mass is 10.1. The molecular weight excluding hydrogens is 234 g/mol. The first-order valence-corrected chi connectivity index (χ1v) is 5.22. The second-order valence-corrected chi connectivity index (χ2v) is 3.55. The summed E-state index contributed by atoms with van der Waals surface area (Å²) >= 11 is 0. The molecule has 0 spiro atoms. The summed E-state index contributed by atoms with van der Waals surface area (Å²) in [4.78, 5) is 22.8. The number of nitrogens with one attached hydrogen (secondary N) is 1. The largest absolute Gasteiger partial charge is 0.452 e. The lowest BCUT2D eigenvalue weighted by Gasteiger charge is -2.08. The molecule has 0 aliphatic heterocycles. The number of hydrogen-bond donors (Lipinski definition) is 2. The minimum Gasteiger partial charge on any atom is -0.452 e. The van der Waals surface area contributed by atoms with Crippen molar-refractivity contribution in [2.75, 3.05) is 18.9 Å². The fourth-order valence-corrected chi connectivity index (χ4v) is 1.26. The number of para-hydroxylation sites is 1. The standard InChI is InChI=1S/C12H13N3O3/c1-8-3-2-4-9(11(8)14)12(17)18-7-10(16)15-6-5-13/h2-4H,6-7,14H2,1H3,(H,15,16). The summed E-state index contributed by atoms with van der Waals surface area (Å²) in [5.41, 5.74) is 7.05. The van der Waals surface area contributed by atoms with E-state index in [0.29, 0.717) is 5.69 Å². The van der Waals surface area contributed by atoms with Gasteiger partial charge in [0.25, 0.3) is 5.91 Å². The van der Waals surface area contributed by atoms with Crippen LogP contribution in [0.15, 0.2) is 18.2 Å². The van der Waals surface area contributed by atoms with E-state index < -0.39 is 18.5 Å². The third-order valence-corrected chi connectivity index (χ3v) is 2.24. The van der Waals surface area contributed by atoms with E-state index >= 15 is 0 Å². The Morgan fingerprint density at radius 2 is 2.22 bits per heavy atom. The Balaban J connectivity index is 2.59. The summed E-state index contributed by atoms with van der Waals surface area (Å²) in [5.74, 6) is -1.19. The molecule has 0 unspecified atom stereocenters. The Morgan fingerprint density at radius 1 is 1.50 bits per heavy atom. The van der Waals surface area contributed by atoms with Crippen LogP contribution in [0.5, 0.6) is 0 Å². The number of nitriles is 1. The maximum atomic E-state index is 11.6. The molecule has 0 atom stereocenters. The van der Waals surface area contributed by atoms with Gasteiger partial charge >= 0.3 is 5.97 Å². The van der Waals surface area contributed by atoms with Crippen LogP contribution in [0.3, 0.4) is 0 Å². The summed E-state index contributed by atoms with van der Waals surface area (Å²) in [5, 5.41) is 10.5. The number of amides is 1. The molecule has 0 saturated heterocycles. The van der Waals surface area contributed by atoms with Gasteiger partial charge in [0.1, 0.15) is 6.54 Å².